The topological polar surface area (TPSA) is 89.1 Å². The second-order valence-electron chi connectivity index (χ2n) is 7.03. The number of rotatable bonds is 6. The Balaban J connectivity index is 2.16. The third-order valence-corrected chi connectivity index (χ3v) is 5.45. The fraction of sp³-hybridized carbons (Fsp3) is 0.333. The Kier molecular flexibility index (Phi) is 6.51. The summed E-state index contributed by atoms with van der Waals surface area (Å²) in [5.74, 6) is -1.97. The van der Waals surface area contributed by atoms with Gasteiger partial charge in [0, 0.05) is 5.56 Å². The maximum Gasteiger partial charge on any atom is 0.437 e. The summed E-state index contributed by atoms with van der Waals surface area (Å²) in [5, 5.41) is 14.9. The number of methoxy groups -OCH3 is 3. The van der Waals surface area contributed by atoms with Crippen molar-refractivity contribution in [3.8, 4) is 17.2 Å². The van der Waals surface area contributed by atoms with Crippen molar-refractivity contribution in [2.24, 2.45) is 5.92 Å². The van der Waals surface area contributed by atoms with Gasteiger partial charge in [0.15, 0.2) is 22.4 Å². The van der Waals surface area contributed by atoms with E-state index in [0.717, 1.165) is 0 Å². The molecule has 3 rings (SSSR count). The molecular formula is C21H21F3N2O5S. The van der Waals surface area contributed by atoms with E-state index in [-0.39, 0.29) is 16.9 Å². The molecule has 0 radical (unpaired) electrons. The average molecular weight is 470 g/mol. The smallest absolute Gasteiger partial charge is 0.437 e. The van der Waals surface area contributed by atoms with Gasteiger partial charge in [-0.1, -0.05) is 6.07 Å². The summed E-state index contributed by atoms with van der Waals surface area (Å²) in [6, 6.07) is 8.60. The summed E-state index contributed by atoms with van der Waals surface area (Å²) >= 11 is 4.93. The van der Waals surface area contributed by atoms with Crippen LogP contribution in [0.2, 0.25) is 0 Å². The van der Waals surface area contributed by atoms with Gasteiger partial charge in [-0.2, -0.15) is 13.2 Å². The summed E-state index contributed by atoms with van der Waals surface area (Å²) in [7, 11) is 4.20. The SMILES string of the molecule is COc1ccc(C(=O)C2C(c3ccc(OC)c(OC)c3)NC(=S)NC2(O)C(F)(F)F)cc1. The number of thiocarbonyl (C=S) groups is 1. The average Bonchev–Trinajstić information content (AvgIpc) is 2.77. The third-order valence-electron chi connectivity index (χ3n) is 5.23. The molecule has 11 heteroatoms. The van der Waals surface area contributed by atoms with Crippen LogP contribution in [0.5, 0.6) is 17.2 Å². The molecule has 0 saturated carbocycles. The van der Waals surface area contributed by atoms with Gasteiger partial charge in [0.2, 0.25) is 5.72 Å². The highest BCUT2D eigenvalue weighted by Gasteiger charge is 2.65. The van der Waals surface area contributed by atoms with Gasteiger partial charge < -0.3 is 30.0 Å². The van der Waals surface area contributed by atoms with Crippen LogP contribution in [0.4, 0.5) is 13.2 Å². The summed E-state index contributed by atoms with van der Waals surface area (Å²) in [4.78, 5) is 13.3. The Morgan fingerprint density at radius 2 is 1.66 bits per heavy atom. The Morgan fingerprint density at radius 1 is 1.03 bits per heavy atom. The third kappa shape index (κ3) is 4.17. The van der Waals surface area contributed by atoms with E-state index in [4.69, 9.17) is 26.4 Å². The van der Waals surface area contributed by atoms with E-state index in [9.17, 15) is 23.1 Å². The largest absolute Gasteiger partial charge is 0.497 e. The molecule has 3 atom stereocenters. The lowest BCUT2D eigenvalue weighted by Gasteiger charge is -2.46. The number of alkyl halides is 3. The minimum absolute atomic E-state index is 0.0413. The minimum Gasteiger partial charge on any atom is -0.497 e. The molecular weight excluding hydrogens is 449 g/mol. The predicted octanol–water partition coefficient (Wildman–Crippen LogP) is 2.98. The van der Waals surface area contributed by atoms with E-state index in [1.807, 2.05) is 5.32 Å². The van der Waals surface area contributed by atoms with Gasteiger partial charge in [-0.15, -0.1) is 0 Å². The number of ketones is 1. The Labute approximate surface area is 187 Å². The number of ether oxygens (including phenoxy) is 3. The van der Waals surface area contributed by atoms with Crippen LogP contribution >= 0.6 is 12.2 Å². The Hall–Kier alpha value is -3.05. The van der Waals surface area contributed by atoms with Crippen LogP contribution in [-0.4, -0.2) is 49.2 Å². The molecule has 2 aromatic rings. The Bertz CT molecular complexity index is 1020. The van der Waals surface area contributed by atoms with Crippen molar-refractivity contribution in [2.45, 2.75) is 17.9 Å². The fourth-order valence-electron chi connectivity index (χ4n) is 3.60. The molecule has 0 bridgehead atoms. The van der Waals surface area contributed by atoms with Gasteiger partial charge in [0.25, 0.3) is 0 Å². The number of carbonyl (C=O) groups is 1. The molecule has 1 heterocycles. The molecule has 1 saturated heterocycles. The van der Waals surface area contributed by atoms with Gasteiger partial charge in [-0.3, -0.25) is 4.79 Å². The molecule has 3 unspecified atom stereocenters. The molecule has 2 aromatic carbocycles. The number of aliphatic hydroxyl groups is 1. The molecule has 0 amide bonds. The van der Waals surface area contributed by atoms with E-state index >= 15 is 0 Å². The maximum absolute atomic E-state index is 14.1. The van der Waals surface area contributed by atoms with Crippen LogP contribution in [0.25, 0.3) is 0 Å². The number of benzene rings is 2. The summed E-state index contributed by atoms with van der Waals surface area (Å²) in [6.45, 7) is 0. The standard InChI is InChI=1S/C21H21F3N2O5S/c1-29-13-7-4-11(5-8-13)18(27)16-17(12-6-9-14(30-2)15(10-12)31-3)25-19(32)26-20(16,28)21(22,23)24/h4-10,16-17,28H,1-3H3,(H2,25,26,32). The summed E-state index contributed by atoms with van der Waals surface area (Å²) in [6.07, 6.45) is -5.22. The molecule has 172 valence electrons. The quantitative estimate of drug-likeness (QED) is 0.439. The summed E-state index contributed by atoms with van der Waals surface area (Å²) < 4.78 is 57.7. The lowest BCUT2D eigenvalue weighted by molar-refractivity contribution is -0.285. The van der Waals surface area contributed by atoms with Crippen molar-refractivity contribution < 1.29 is 37.3 Å². The van der Waals surface area contributed by atoms with Crippen molar-refractivity contribution in [1.82, 2.24) is 10.6 Å². The number of nitrogens with one attached hydrogen (secondary N) is 2. The normalized spacial score (nSPS) is 23.0. The Morgan fingerprint density at radius 3 is 2.19 bits per heavy atom. The first kappa shape index (κ1) is 23.6. The van der Waals surface area contributed by atoms with Crippen molar-refractivity contribution in [3.63, 3.8) is 0 Å². The van der Waals surface area contributed by atoms with Crippen molar-refractivity contribution in [1.29, 1.82) is 0 Å². The van der Waals surface area contributed by atoms with Crippen LogP contribution < -0.4 is 24.8 Å². The molecule has 3 N–H and O–H groups in total. The molecule has 1 aliphatic heterocycles. The molecule has 1 fully saturated rings. The van der Waals surface area contributed by atoms with Crippen LogP contribution in [0.15, 0.2) is 42.5 Å². The van der Waals surface area contributed by atoms with Gasteiger partial charge >= 0.3 is 6.18 Å². The molecule has 0 spiro atoms. The van der Waals surface area contributed by atoms with Gasteiger partial charge in [0.1, 0.15) is 11.7 Å². The molecule has 0 aromatic heterocycles. The van der Waals surface area contributed by atoms with E-state index in [1.54, 1.807) is 0 Å². The minimum atomic E-state index is -5.22. The number of carbonyl (C=O) groups excluding carboxylic acids is 1. The second kappa shape index (κ2) is 8.83. The zero-order valence-corrected chi connectivity index (χ0v) is 18.1. The highest BCUT2D eigenvalue weighted by Crippen LogP contribution is 2.45. The fourth-order valence-corrected chi connectivity index (χ4v) is 3.88. The first-order valence-corrected chi connectivity index (χ1v) is 9.74. The number of hydrogen-bond acceptors (Lipinski definition) is 6. The lowest BCUT2D eigenvalue weighted by Crippen LogP contribution is -2.72. The number of Topliss-reactive ketones (excluding diaryl/α,β-unsaturated/α-hetero) is 1. The molecule has 0 aliphatic carbocycles. The van der Waals surface area contributed by atoms with Crippen molar-refractivity contribution in [3.05, 3.63) is 53.6 Å². The molecule has 7 nitrogen and oxygen atoms in total. The van der Waals surface area contributed by atoms with E-state index in [0.29, 0.717) is 11.5 Å². The van der Waals surface area contributed by atoms with Crippen molar-refractivity contribution >= 4 is 23.1 Å². The first-order valence-electron chi connectivity index (χ1n) is 9.33. The monoisotopic (exact) mass is 470 g/mol. The van der Waals surface area contributed by atoms with E-state index < -0.39 is 34.8 Å². The highest BCUT2D eigenvalue weighted by atomic mass is 32.1. The zero-order valence-electron chi connectivity index (χ0n) is 17.3. The highest BCUT2D eigenvalue weighted by molar-refractivity contribution is 7.80. The van der Waals surface area contributed by atoms with Gasteiger partial charge in [-0.25, -0.2) is 0 Å². The van der Waals surface area contributed by atoms with Gasteiger partial charge in [0.05, 0.1) is 27.4 Å². The first-order chi connectivity index (χ1) is 15.1. The second-order valence-corrected chi connectivity index (χ2v) is 7.43. The molecule has 32 heavy (non-hydrogen) atoms. The number of hydrogen-bond donors (Lipinski definition) is 3. The van der Waals surface area contributed by atoms with Crippen LogP contribution in [0, 0.1) is 5.92 Å². The predicted molar refractivity (Wildman–Crippen MR) is 113 cm³/mol. The zero-order chi connectivity index (χ0) is 23.7. The van der Waals surface area contributed by atoms with E-state index in [1.165, 1.54) is 63.8 Å². The van der Waals surface area contributed by atoms with Crippen LogP contribution in [0.3, 0.4) is 0 Å². The number of halogens is 3. The molecule has 1 aliphatic rings. The lowest BCUT2D eigenvalue weighted by atomic mass is 9.77. The summed E-state index contributed by atoms with van der Waals surface area (Å²) in [5.41, 5.74) is -3.43. The van der Waals surface area contributed by atoms with Gasteiger partial charge in [-0.05, 0) is 54.2 Å². The van der Waals surface area contributed by atoms with Crippen LogP contribution in [-0.2, 0) is 0 Å². The van der Waals surface area contributed by atoms with E-state index in [2.05, 4.69) is 5.32 Å². The van der Waals surface area contributed by atoms with Crippen LogP contribution in [0.1, 0.15) is 22.0 Å². The van der Waals surface area contributed by atoms with Crippen molar-refractivity contribution in [2.75, 3.05) is 21.3 Å². The maximum atomic E-state index is 14.1.